The molecule has 2 aromatic rings. The third kappa shape index (κ3) is 3.15. The molecule has 0 saturated heterocycles. The number of hydrogen-bond donors (Lipinski definition) is 2. The maximum absolute atomic E-state index is 13.8. The molecule has 4 N–H and O–H groups in total. The highest BCUT2D eigenvalue weighted by atomic mass is 35.5. The molecule has 0 aliphatic heterocycles. The van der Waals surface area contributed by atoms with Gasteiger partial charge >= 0.3 is 0 Å². The second-order valence-electron chi connectivity index (χ2n) is 4.15. The summed E-state index contributed by atoms with van der Waals surface area (Å²) in [5, 5.41) is 0.508. The first-order valence-electron chi connectivity index (χ1n) is 5.58. The minimum absolute atomic E-state index is 0.0712. The normalized spacial score (nSPS) is 12.4. The lowest BCUT2D eigenvalue weighted by atomic mass is 10.00. The molecule has 0 aliphatic rings. The van der Waals surface area contributed by atoms with Gasteiger partial charge in [0.15, 0.2) is 0 Å². The number of benzene rings is 1. The number of pyridine rings is 1. The van der Waals surface area contributed by atoms with Crippen molar-refractivity contribution in [3.8, 4) is 0 Å². The second-order valence-corrected chi connectivity index (χ2v) is 5.00. The van der Waals surface area contributed by atoms with E-state index in [1.54, 1.807) is 18.2 Å². The van der Waals surface area contributed by atoms with Crippen LogP contribution in [0.2, 0.25) is 10.0 Å². The van der Waals surface area contributed by atoms with E-state index in [9.17, 15) is 4.39 Å². The third-order valence-electron chi connectivity index (χ3n) is 2.79. The van der Waals surface area contributed by atoms with Crippen LogP contribution in [0.1, 0.15) is 17.2 Å². The first-order chi connectivity index (χ1) is 8.99. The van der Waals surface area contributed by atoms with E-state index in [-0.39, 0.29) is 11.4 Å². The van der Waals surface area contributed by atoms with E-state index in [0.717, 1.165) is 0 Å². The number of halogens is 3. The van der Waals surface area contributed by atoms with Crippen LogP contribution in [0, 0.1) is 5.82 Å². The Labute approximate surface area is 120 Å². The van der Waals surface area contributed by atoms with E-state index in [1.165, 1.54) is 12.3 Å². The molecule has 1 aromatic heterocycles. The molecule has 0 aliphatic carbocycles. The molecule has 1 atom stereocenters. The summed E-state index contributed by atoms with van der Waals surface area (Å²) >= 11 is 11.6. The van der Waals surface area contributed by atoms with Gasteiger partial charge in [-0.1, -0.05) is 35.3 Å². The zero-order chi connectivity index (χ0) is 14.0. The highest BCUT2D eigenvalue weighted by Gasteiger charge is 2.15. The SMILES string of the molecule is Nc1ncc(Cl)cc1C(N)Cc1cccc(Cl)c1F. The Morgan fingerprint density at radius 2 is 2.05 bits per heavy atom. The monoisotopic (exact) mass is 299 g/mol. The number of nitrogens with two attached hydrogens (primary N) is 2. The smallest absolute Gasteiger partial charge is 0.145 e. The van der Waals surface area contributed by atoms with Crippen molar-refractivity contribution in [1.82, 2.24) is 4.98 Å². The van der Waals surface area contributed by atoms with Crippen LogP contribution in [-0.4, -0.2) is 4.98 Å². The third-order valence-corrected chi connectivity index (χ3v) is 3.29. The van der Waals surface area contributed by atoms with Gasteiger partial charge < -0.3 is 11.5 Å². The molecule has 19 heavy (non-hydrogen) atoms. The van der Waals surface area contributed by atoms with E-state index in [4.69, 9.17) is 34.7 Å². The maximum atomic E-state index is 13.8. The molecule has 0 amide bonds. The second kappa shape index (κ2) is 5.74. The fourth-order valence-electron chi connectivity index (χ4n) is 1.82. The summed E-state index contributed by atoms with van der Waals surface area (Å²) in [5.41, 5.74) is 12.8. The number of rotatable bonds is 3. The number of anilines is 1. The van der Waals surface area contributed by atoms with Gasteiger partial charge in [-0.2, -0.15) is 0 Å². The molecule has 0 spiro atoms. The van der Waals surface area contributed by atoms with Crippen LogP contribution in [0.4, 0.5) is 10.2 Å². The first-order valence-corrected chi connectivity index (χ1v) is 6.34. The topological polar surface area (TPSA) is 64.9 Å². The Kier molecular flexibility index (Phi) is 4.24. The molecule has 3 nitrogen and oxygen atoms in total. The van der Waals surface area contributed by atoms with Gasteiger partial charge in [-0.05, 0) is 24.1 Å². The van der Waals surface area contributed by atoms with Gasteiger partial charge in [-0.3, -0.25) is 0 Å². The fourth-order valence-corrected chi connectivity index (χ4v) is 2.18. The van der Waals surface area contributed by atoms with Gasteiger partial charge in [0.2, 0.25) is 0 Å². The van der Waals surface area contributed by atoms with Crippen molar-refractivity contribution in [2.45, 2.75) is 12.5 Å². The van der Waals surface area contributed by atoms with Gasteiger partial charge in [0.1, 0.15) is 11.6 Å². The van der Waals surface area contributed by atoms with Crippen LogP contribution >= 0.6 is 23.2 Å². The Morgan fingerprint density at radius 3 is 2.79 bits per heavy atom. The van der Waals surface area contributed by atoms with Crippen LogP contribution in [0.15, 0.2) is 30.5 Å². The largest absolute Gasteiger partial charge is 0.383 e. The van der Waals surface area contributed by atoms with Crippen molar-refractivity contribution in [2.75, 3.05) is 5.73 Å². The van der Waals surface area contributed by atoms with Crippen LogP contribution < -0.4 is 11.5 Å². The number of nitrogens with zero attached hydrogens (tertiary/aromatic N) is 1. The zero-order valence-corrected chi connectivity index (χ0v) is 11.4. The lowest BCUT2D eigenvalue weighted by molar-refractivity contribution is 0.594. The predicted octanol–water partition coefficient (Wildman–Crippen LogP) is 3.35. The molecule has 1 aromatic carbocycles. The molecule has 0 fully saturated rings. The van der Waals surface area contributed by atoms with Crippen molar-refractivity contribution in [2.24, 2.45) is 5.73 Å². The van der Waals surface area contributed by atoms with Crippen molar-refractivity contribution >= 4 is 29.0 Å². The van der Waals surface area contributed by atoms with Gasteiger partial charge in [0.05, 0.1) is 10.0 Å². The standard InChI is InChI=1S/C13H12Cl2FN3/c14-8-5-9(13(18)19-6-8)11(17)4-7-2-1-3-10(15)12(7)16/h1-3,5-6,11H,4,17H2,(H2,18,19). The van der Waals surface area contributed by atoms with Crippen LogP contribution in [0.5, 0.6) is 0 Å². The van der Waals surface area contributed by atoms with Crippen LogP contribution in [-0.2, 0) is 6.42 Å². The highest BCUT2D eigenvalue weighted by molar-refractivity contribution is 6.31. The van der Waals surface area contributed by atoms with Crippen LogP contribution in [0.25, 0.3) is 0 Å². The Balaban J connectivity index is 2.28. The Morgan fingerprint density at radius 1 is 1.32 bits per heavy atom. The predicted molar refractivity (Wildman–Crippen MR) is 75.7 cm³/mol. The molecule has 1 unspecified atom stereocenters. The Bertz CT molecular complexity index is 604. The van der Waals surface area contributed by atoms with E-state index in [1.807, 2.05) is 0 Å². The lowest BCUT2D eigenvalue weighted by Gasteiger charge is -2.15. The summed E-state index contributed by atoms with van der Waals surface area (Å²) < 4.78 is 13.8. The molecule has 0 radical (unpaired) electrons. The van der Waals surface area contributed by atoms with Gasteiger partial charge in [-0.15, -0.1) is 0 Å². The molecule has 100 valence electrons. The molecule has 0 bridgehead atoms. The average molecular weight is 300 g/mol. The quantitative estimate of drug-likeness (QED) is 0.913. The van der Waals surface area contributed by atoms with Crippen molar-refractivity contribution in [3.05, 3.63) is 57.5 Å². The van der Waals surface area contributed by atoms with E-state index >= 15 is 0 Å². The van der Waals surface area contributed by atoms with E-state index in [0.29, 0.717) is 22.0 Å². The van der Waals surface area contributed by atoms with Gasteiger partial charge in [0, 0.05) is 17.8 Å². The van der Waals surface area contributed by atoms with E-state index < -0.39 is 11.9 Å². The summed E-state index contributed by atoms with van der Waals surface area (Å²) in [4.78, 5) is 3.93. The van der Waals surface area contributed by atoms with Crippen LogP contribution in [0.3, 0.4) is 0 Å². The average Bonchev–Trinajstić information content (AvgIpc) is 2.38. The molecular weight excluding hydrogens is 288 g/mol. The fraction of sp³-hybridized carbons (Fsp3) is 0.154. The summed E-state index contributed by atoms with van der Waals surface area (Å²) in [7, 11) is 0. The van der Waals surface area contributed by atoms with Gasteiger partial charge in [0.25, 0.3) is 0 Å². The first kappa shape index (κ1) is 14.1. The highest BCUT2D eigenvalue weighted by Crippen LogP contribution is 2.26. The van der Waals surface area contributed by atoms with Crippen molar-refractivity contribution in [3.63, 3.8) is 0 Å². The van der Waals surface area contributed by atoms with E-state index in [2.05, 4.69) is 4.98 Å². The molecule has 6 heteroatoms. The minimum Gasteiger partial charge on any atom is -0.383 e. The molecule has 0 saturated carbocycles. The number of nitrogen functional groups attached to an aromatic ring is 1. The van der Waals surface area contributed by atoms with Crippen molar-refractivity contribution < 1.29 is 4.39 Å². The maximum Gasteiger partial charge on any atom is 0.145 e. The Hall–Kier alpha value is -1.36. The number of hydrogen-bond acceptors (Lipinski definition) is 3. The number of aromatic nitrogens is 1. The molecule has 1 heterocycles. The minimum atomic E-state index is -0.501. The molecular formula is C13H12Cl2FN3. The molecule has 2 rings (SSSR count). The summed E-state index contributed by atoms with van der Waals surface area (Å²) in [5.74, 6) is -0.174. The lowest BCUT2D eigenvalue weighted by Crippen LogP contribution is -2.16. The summed E-state index contributed by atoms with van der Waals surface area (Å²) in [6.07, 6.45) is 1.70. The van der Waals surface area contributed by atoms with Crippen molar-refractivity contribution in [1.29, 1.82) is 0 Å². The van der Waals surface area contributed by atoms with Gasteiger partial charge in [-0.25, -0.2) is 9.37 Å². The summed E-state index contributed by atoms with van der Waals surface area (Å²) in [6, 6.07) is 5.93. The summed E-state index contributed by atoms with van der Waals surface area (Å²) in [6.45, 7) is 0. The zero-order valence-electron chi connectivity index (χ0n) is 9.91.